The fraction of sp³-hybridized carbons (Fsp3) is 0.304. The fourth-order valence-electron chi connectivity index (χ4n) is 3.27. The van der Waals surface area contributed by atoms with Gasteiger partial charge in [-0.25, -0.2) is 4.79 Å². The standard InChI is InChI=1S/C23H27N3O4S/c24-20(17-9-5-2-6-10-17)21(26-23(29)30-14-18-13-25-15-31-18)22(28)19(27)12-11-16-7-3-1-4-8-16/h1-10,13,15,19-22,27-28H,11-12,14,24H2,(H,26,29). The van der Waals surface area contributed by atoms with E-state index in [1.807, 2.05) is 60.7 Å². The summed E-state index contributed by atoms with van der Waals surface area (Å²) in [6.45, 7) is 0.0659. The Morgan fingerprint density at radius 3 is 2.42 bits per heavy atom. The predicted molar refractivity (Wildman–Crippen MR) is 119 cm³/mol. The van der Waals surface area contributed by atoms with Gasteiger partial charge in [-0.15, -0.1) is 11.3 Å². The van der Waals surface area contributed by atoms with E-state index in [1.165, 1.54) is 11.3 Å². The number of aliphatic hydroxyl groups excluding tert-OH is 2. The highest BCUT2D eigenvalue weighted by Crippen LogP contribution is 2.20. The number of hydrogen-bond donors (Lipinski definition) is 4. The highest BCUT2D eigenvalue weighted by atomic mass is 32.1. The summed E-state index contributed by atoms with van der Waals surface area (Å²) in [6.07, 6.45) is -0.563. The van der Waals surface area contributed by atoms with Gasteiger partial charge in [0.05, 0.1) is 28.6 Å². The first kappa shape index (κ1) is 22.9. The van der Waals surface area contributed by atoms with Crippen LogP contribution in [-0.2, 0) is 17.8 Å². The van der Waals surface area contributed by atoms with Crippen LogP contribution in [-0.4, -0.2) is 39.5 Å². The maximum Gasteiger partial charge on any atom is 0.407 e. The van der Waals surface area contributed by atoms with E-state index < -0.39 is 30.4 Å². The number of nitrogens with zero attached hydrogens (tertiary/aromatic N) is 1. The van der Waals surface area contributed by atoms with Crippen LogP contribution >= 0.6 is 11.3 Å². The number of rotatable bonds is 10. The number of aliphatic hydroxyl groups is 2. The normalized spacial score (nSPS) is 14.9. The van der Waals surface area contributed by atoms with E-state index in [1.54, 1.807) is 11.7 Å². The number of carbonyl (C=O) groups is 1. The molecular formula is C23H27N3O4S. The fourth-order valence-corrected chi connectivity index (χ4v) is 3.77. The van der Waals surface area contributed by atoms with E-state index in [4.69, 9.17) is 10.5 Å². The molecule has 0 radical (unpaired) electrons. The third-order valence-electron chi connectivity index (χ3n) is 5.02. The van der Waals surface area contributed by atoms with Gasteiger partial charge in [-0.2, -0.15) is 0 Å². The summed E-state index contributed by atoms with van der Waals surface area (Å²) < 4.78 is 5.23. The minimum Gasteiger partial charge on any atom is -0.444 e. The molecule has 0 aliphatic carbocycles. The van der Waals surface area contributed by atoms with Gasteiger partial charge < -0.3 is 26.0 Å². The average Bonchev–Trinajstić information content (AvgIpc) is 3.34. The summed E-state index contributed by atoms with van der Waals surface area (Å²) in [5.74, 6) is 0. The van der Waals surface area contributed by atoms with Crippen molar-refractivity contribution in [3.63, 3.8) is 0 Å². The Balaban J connectivity index is 1.66. The molecule has 0 aliphatic rings. The minimum atomic E-state index is -1.28. The van der Waals surface area contributed by atoms with Gasteiger partial charge in [0.25, 0.3) is 0 Å². The number of aryl methyl sites for hydroxylation is 1. The quantitative estimate of drug-likeness (QED) is 0.384. The topological polar surface area (TPSA) is 118 Å². The SMILES string of the molecule is NC(c1ccccc1)C(NC(=O)OCc1cncs1)C(O)C(O)CCc1ccccc1. The number of nitrogens with two attached hydrogens (primary N) is 1. The van der Waals surface area contributed by atoms with Crippen molar-refractivity contribution >= 4 is 17.4 Å². The smallest absolute Gasteiger partial charge is 0.407 e. The Kier molecular flexibility index (Phi) is 8.54. The molecule has 8 heteroatoms. The van der Waals surface area contributed by atoms with Crippen LogP contribution in [0.3, 0.4) is 0 Å². The van der Waals surface area contributed by atoms with Gasteiger partial charge in [0.15, 0.2) is 0 Å². The number of thiazole rings is 1. The minimum absolute atomic E-state index is 0.0659. The number of benzene rings is 2. The number of hydrogen-bond acceptors (Lipinski definition) is 7. The van der Waals surface area contributed by atoms with Crippen molar-refractivity contribution in [1.82, 2.24) is 10.3 Å². The molecule has 3 aromatic rings. The molecule has 4 atom stereocenters. The van der Waals surface area contributed by atoms with E-state index >= 15 is 0 Å². The van der Waals surface area contributed by atoms with E-state index in [0.717, 1.165) is 16.0 Å². The Labute approximate surface area is 185 Å². The molecule has 1 heterocycles. The van der Waals surface area contributed by atoms with Crippen molar-refractivity contribution < 1.29 is 19.7 Å². The molecule has 7 nitrogen and oxygen atoms in total. The molecule has 0 saturated carbocycles. The molecule has 1 aromatic heterocycles. The van der Waals surface area contributed by atoms with Crippen LogP contribution in [0.1, 0.15) is 28.5 Å². The Hall–Kier alpha value is -2.78. The van der Waals surface area contributed by atoms with E-state index in [2.05, 4.69) is 10.3 Å². The first-order chi connectivity index (χ1) is 15.0. The molecule has 31 heavy (non-hydrogen) atoms. The van der Waals surface area contributed by atoms with Crippen molar-refractivity contribution in [2.75, 3.05) is 0 Å². The molecule has 1 amide bonds. The summed E-state index contributed by atoms with van der Waals surface area (Å²) in [6, 6.07) is 17.1. The number of ether oxygens (including phenoxy) is 1. The molecule has 2 aromatic carbocycles. The zero-order chi connectivity index (χ0) is 22.1. The van der Waals surface area contributed by atoms with Crippen molar-refractivity contribution in [2.24, 2.45) is 5.73 Å². The molecule has 164 valence electrons. The third-order valence-corrected chi connectivity index (χ3v) is 5.77. The lowest BCUT2D eigenvalue weighted by atomic mass is 9.91. The number of alkyl carbamates (subject to hydrolysis) is 1. The molecule has 3 rings (SSSR count). The second kappa shape index (κ2) is 11.6. The average molecular weight is 442 g/mol. The molecule has 0 aliphatic heterocycles. The van der Waals surface area contributed by atoms with Crippen molar-refractivity contribution in [2.45, 2.75) is 43.7 Å². The van der Waals surface area contributed by atoms with Gasteiger partial charge in [-0.1, -0.05) is 60.7 Å². The van der Waals surface area contributed by atoms with E-state index in [-0.39, 0.29) is 6.61 Å². The first-order valence-electron chi connectivity index (χ1n) is 10.1. The van der Waals surface area contributed by atoms with Gasteiger partial charge in [-0.3, -0.25) is 4.98 Å². The lowest BCUT2D eigenvalue weighted by molar-refractivity contribution is -0.0137. The van der Waals surface area contributed by atoms with Crippen LogP contribution in [0.4, 0.5) is 4.79 Å². The molecule has 5 N–H and O–H groups in total. The van der Waals surface area contributed by atoms with Crippen LogP contribution in [0.2, 0.25) is 0 Å². The maximum atomic E-state index is 12.4. The molecule has 0 saturated heterocycles. The summed E-state index contributed by atoms with van der Waals surface area (Å²) in [7, 11) is 0. The Bertz CT molecular complexity index is 909. The predicted octanol–water partition coefficient (Wildman–Crippen LogP) is 2.79. The van der Waals surface area contributed by atoms with Gasteiger partial charge in [-0.05, 0) is 24.0 Å². The summed E-state index contributed by atoms with van der Waals surface area (Å²) in [5, 5.41) is 24.2. The highest BCUT2D eigenvalue weighted by molar-refractivity contribution is 7.09. The van der Waals surface area contributed by atoms with Gasteiger partial charge in [0, 0.05) is 6.20 Å². The molecule has 4 unspecified atom stereocenters. The first-order valence-corrected chi connectivity index (χ1v) is 10.9. The van der Waals surface area contributed by atoms with E-state index in [9.17, 15) is 15.0 Å². The zero-order valence-corrected chi connectivity index (χ0v) is 17.8. The summed E-state index contributed by atoms with van der Waals surface area (Å²) >= 11 is 1.37. The van der Waals surface area contributed by atoms with Crippen LogP contribution in [0.5, 0.6) is 0 Å². The van der Waals surface area contributed by atoms with Crippen molar-refractivity contribution in [1.29, 1.82) is 0 Å². The highest BCUT2D eigenvalue weighted by Gasteiger charge is 2.33. The van der Waals surface area contributed by atoms with Crippen LogP contribution in [0.15, 0.2) is 72.4 Å². The lowest BCUT2D eigenvalue weighted by Gasteiger charge is -2.32. The third kappa shape index (κ3) is 6.86. The Morgan fingerprint density at radius 1 is 1.10 bits per heavy atom. The summed E-state index contributed by atoms with van der Waals surface area (Å²) in [4.78, 5) is 17.1. The van der Waals surface area contributed by atoms with Gasteiger partial charge in [0.1, 0.15) is 12.7 Å². The molecular weight excluding hydrogens is 414 g/mol. The van der Waals surface area contributed by atoms with Crippen LogP contribution < -0.4 is 11.1 Å². The second-order valence-corrected chi connectivity index (χ2v) is 8.20. The van der Waals surface area contributed by atoms with Gasteiger partial charge in [0.2, 0.25) is 0 Å². The number of carbonyl (C=O) groups excluding carboxylic acids is 1. The van der Waals surface area contributed by atoms with Gasteiger partial charge >= 0.3 is 6.09 Å². The van der Waals surface area contributed by atoms with Crippen LogP contribution in [0, 0.1) is 0 Å². The largest absolute Gasteiger partial charge is 0.444 e. The second-order valence-electron chi connectivity index (χ2n) is 7.23. The summed E-state index contributed by atoms with van der Waals surface area (Å²) in [5.41, 5.74) is 9.80. The van der Waals surface area contributed by atoms with E-state index in [0.29, 0.717) is 12.8 Å². The number of amides is 1. The number of nitrogens with one attached hydrogen (secondary N) is 1. The van der Waals surface area contributed by atoms with Crippen LogP contribution in [0.25, 0.3) is 0 Å². The monoisotopic (exact) mass is 441 g/mol. The Morgan fingerprint density at radius 2 is 1.77 bits per heavy atom. The maximum absolute atomic E-state index is 12.4. The zero-order valence-electron chi connectivity index (χ0n) is 17.0. The molecule has 0 bridgehead atoms. The number of aromatic nitrogens is 1. The molecule has 0 fully saturated rings. The van der Waals surface area contributed by atoms with Crippen molar-refractivity contribution in [3.8, 4) is 0 Å². The van der Waals surface area contributed by atoms with Crippen molar-refractivity contribution in [3.05, 3.63) is 88.4 Å². The molecule has 0 spiro atoms. The lowest BCUT2D eigenvalue weighted by Crippen LogP contribution is -2.54.